The molecule has 0 aliphatic carbocycles. The number of carbonyl (C=O) groups excluding carboxylic acids is 1. The fraction of sp³-hybridized carbons (Fsp3) is 0.471. The lowest BCUT2D eigenvalue weighted by Crippen LogP contribution is -2.28. The topological polar surface area (TPSA) is 57.4 Å². The van der Waals surface area contributed by atoms with Crippen LogP contribution >= 0.6 is 0 Å². The lowest BCUT2D eigenvalue weighted by atomic mass is 10.0. The third kappa shape index (κ3) is 3.09. The minimum Gasteiger partial charge on any atom is -0.447 e. The normalized spacial score (nSPS) is 18.0. The van der Waals surface area contributed by atoms with Crippen LogP contribution in [-0.2, 0) is 17.6 Å². The molecule has 0 unspecified atom stereocenters. The first kappa shape index (κ1) is 14.9. The summed E-state index contributed by atoms with van der Waals surface area (Å²) in [5.41, 5.74) is 5.04. The highest BCUT2D eigenvalue weighted by Gasteiger charge is 2.22. The molecule has 1 aromatic heterocycles. The second-order valence-corrected chi connectivity index (χ2v) is 6.31. The van der Waals surface area contributed by atoms with Crippen LogP contribution in [0.15, 0.2) is 18.2 Å². The van der Waals surface area contributed by atoms with E-state index in [4.69, 9.17) is 4.74 Å². The van der Waals surface area contributed by atoms with Crippen molar-refractivity contribution in [2.45, 2.75) is 25.8 Å². The van der Waals surface area contributed by atoms with E-state index in [-0.39, 0.29) is 12.1 Å². The predicted molar refractivity (Wildman–Crippen MR) is 87.3 cm³/mol. The highest BCUT2D eigenvalue weighted by atomic mass is 16.6. The van der Waals surface area contributed by atoms with Crippen molar-refractivity contribution in [1.82, 2.24) is 15.2 Å². The van der Waals surface area contributed by atoms with Gasteiger partial charge in [-0.15, -0.1) is 0 Å². The fourth-order valence-electron chi connectivity index (χ4n) is 3.03. The Morgan fingerprint density at radius 3 is 2.86 bits per heavy atom. The van der Waals surface area contributed by atoms with Gasteiger partial charge in [0.15, 0.2) is 0 Å². The third-order valence-corrected chi connectivity index (χ3v) is 4.21. The van der Waals surface area contributed by atoms with Gasteiger partial charge < -0.3 is 19.9 Å². The monoisotopic (exact) mass is 301 g/mol. The summed E-state index contributed by atoms with van der Waals surface area (Å²) < 4.78 is 4.96. The minimum atomic E-state index is -0.310. The van der Waals surface area contributed by atoms with E-state index in [0.717, 1.165) is 19.4 Å². The number of hydrogen-bond donors (Lipinski definition) is 2. The molecular formula is C17H23N3O2. The average Bonchev–Trinajstić information content (AvgIpc) is 2.99. The number of nitrogens with zero attached hydrogens (tertiary/aromatic N) is 1. The molecule has 3 rings (SSSR count). The number of amides is 1. The lowest BCUT2D eigenvalue weighted by molar-refractivity contribution is 0.177. The Hall–Kier alpha value is -2.01. The average molecular weight is 301 g/mol. The van der Waals surface area contributed by atoms with Crippen LogP contribution in [-0.4, -0.2) is 49.3 Å². The Balaban J connectivity index is 1.84. The summed E-state index contributed by atoms with van der Waals surface area (Å²) in [6, 6.07) is 6.58. The van der Waals surface area contributed by atoms with Gasteiger partial charge in [-0.1, -0.05) is 6.07 Å². The highest BCUT2D eigenvalue weighted by Crippen LogP contribution is 2.25. The summed E-state index contributed by atoms with van der Waals surface area (Å²) in [7, 11) is 4.19. The zero-order valence-corrected chi connectivity index (χ0v) is 13.4. The van der Waals surface area contributed by atoms with Gasteiger partial charge in [0.1, 0.15) is 6.61 Å². The highest BCUT2D eigenvalue weighted by molar-refractivity contribution is 5.85. The number of aromatic amines is 1. The number of benzene rings is 1. The van der Waals surface area contributed by atoms with Gasteiger partial charge in [-0.3, -0.25) is 0 Å². The molecule has 1 aliphatic heterocycles. The molecule has 2 heterocycles. The SMILES string of the molecule is Cc1[nH]c2ccc(C[C@H]3COC(=O)N3)cc2c1CCN(C)C. The molecule has 118 valence electrons. The first-order chi connectivity index (χ1) is 10.5. The number of aryl methyl sites for hydroxylation is 1. The van der Waals surface area contributed by atoms with Crippen LogP contribution in [0.1, 0.15) is 16.8 Å². The molecule has 0 radical (unpaired) electrons. The van der Waals surface area contributed by atoms with E-state index in [1.54, 1.807) is 0 Å². The molecule has 1 aromatic carbocycles. The Morgan fingerprint density at radius 1 is 1.36 bits per heavy atom. The van der Waals surface area contributed by atoms with Crippen molar-refractivity contribution >= 4 is 17.0 Å². The smallest absolute Gasteiger partial charge is 0.407 e. The van der Waals surface area contributed by atoms with Gasteiger partial charge in [0.05, 0.1) is 6.04 Å². The second-order valence-electron chi connectivity index (χ2n) is 6.31. The van der Waals surface area contributed by atoms with Gasteiger partial charge in [0.25, 0.3) is 0 Å². The molecule has 22 heavy (non-hydrogen) atoms. The summed E-state index contributed by atoms with van der Waals surface area (Å²) in [5, 5.41) is 4.13. The molecule has 1 fully saturated rings. The number of alkyl carbamates (subject to hydrolysis) is 1. The largest absolute Gasteiger partial charge is 0.447 e. The fourth-order valence-corrected chi connectivity index (χ4v) is 3.03. The van der Waals surface area contributed by atoms with Crippen molar-refractivity contribution in [3.8, 4) is 0 Å². The first-order valence-electron chi connectivity index (χ1n) is 7.71. The maximum Gasteiger partial charge on any atom is 0.407 e. The number of H-pyrrole nitrogens is 1. The van der Waals surface area contributed by atoms with Crippen LogP contribution in [0, 0.1) is 6.92 Å². The molecule has 1 amide bonds. The summed E-state index contributed by atoms with van der Waals surface area (Å²) >= 11 is 0. The van der Waals surface area contributed by atoms with Gasteiger partial charge in [-0.25, -0.2) is 4.79 Å². The Kier molecular flexibility index (Phi) is 4.07. The molecule has 2 N–H and O–H groups in total. The zero-order valence-electron chi connectivity index (χ0n) is 13.4. The Bertz CT molecular complexity index is 691. The second kappa shape index (κ2) is 6.01. The van der Waals surface area contributed by atoms with Crippen molar-refractivity contribution in [1.29, 1.82) is 0 Å². The van der Waals surface area contributed by atoms with Crippen molar-refractivity contribution in [2.75, 3.05) is 27.2 Å². The van der Waals surface area contributed by atoms with Gasteiger partial charge in [0, 0.05) is 23.1 Å². The molecular weight excluding hydrogens is 278 g/mol. The van der Waals surface area contributed by atoms with Crippen LogP contribution in [0.5, 0.6) is 0 Å². The number of fused-ring (bicyclic) bond motifs is 1. The van der Waals surface area contributed by atoms with Gasteiger partial charge in [-0.2, -0.15) is 0 Å². The number of carbonyl (C=O) groups is 1. The van der Waals surface area contributed by atoms with Crippen LogP contribution in [0.25, 0.3) is 10.9 Å². The summed E-state index contributed by atoms with van der Waals surface area (Å²) in [6.45, 7) is 3.62. The van der Waals surface area contributed by atoms with E-state index in [1.807, 2.05) is 0 Å². The third-order valence-electron chi connectivity index (χ3n) is 4.21. The molecule has 5 heteroatoms. The number of aromatic nitrogens is 1. The lowest BCUT2D eigenvalue weighted by Gasteiger charge is -2.10. The minimum absolute atomic E-state index is 0.0789. The standard InChI is InChI=1S/C17H23N3O2/c1-11-14(6-7-20(2)3)15-9-12(4-5-16(15)18-11)8-13-10-22-17(21)19-13/h4-5,9,13,18H,6-8,10H2,1-3H3,(H,19,21)/t13-/m0/s1. The van der Waals surface area contributed by atoms with Crippen LogP contribution in [0.3, 0.4) is 0 Å². The maximum absolute atomic E-state index is 11.1. The summed E-state index contributed by atoms with van der Waals surface area (Å²) in [5.74, 6) is 0. The van der Waals surface area contributed by atoms with Crippen LogP contribution in [0.4, 0.5) is 4.79 Å². The van der Waals surface area contributed by atoms with E-state index < -0.39 is 0 Å². The first-order valence-corrected chi connectivity index (χ1v) is 7.71. The van der Waals surface area contributed by atoms with E-state index in [1.165, 1.54) is 27.7 Å². The van der Waals surface area contributed by atoms with Crippen LogP contribution < -0.4 is 5.32 Å². The number of likely N-dealkylation sites (N-methyl/N-ethyl adjacent to an activating group) is 1. The Labute approximate surface area is 130 Å². The maximum atomic E-state index is 11.1. The van der Waals surface area contributed by atoms with Crippen molar-refractivity contribution in [3.05, 3.63) is 35.0 Å². The predicted octanol–water partition coefficient (Wildman–Crippen LogP) is 2.23. The van der Waals surface area contributed by atoms with Crippen LogP contribution in [0.2, 0.25) is 0 Å². The van der Waals surface area contributed by atoms with E-state index in [0.29, 0.717) is 6.61 Å². The van der Waals surface area contributed by atoms with E-state index in [2.05, 4.69) is 54.4 Å². The number of cyclic esters (lactones) is 1. The molecule has 1 saturated heterocycles. The molecule has 0 saturated carbocycles. The summed E-state index contributed by atoms with van der Waals surface area (Å²) in [6.07, 6.45) is 1.53. The number of ether oxygens (including phenoxy) is 1. The van der Waals surface area contributed by atoms with Gasteiger partial charge in [-0.05, 0) is 57.1 Å². The van der Waals surface area contributed by atoms with E-state index in [9.17, 15) is 4.79 Å². The van der Waals surface area contributed by atoms with E-state index >= 15 is 0 Å². The molecule has 0 bridgehead atoms. The van der Waals surface area contributed by atoms with Crippen molar-refractivity contribution < 1.29 is 9.53 Å². The number of rotatable bonds is 5. The quantitative estimate of drug-likeness (QED) is 0.890. The number of hydrogen-bond acceptors (Lipinski definition) is 3. The van der Waals surface area contributed by atoms with Crippen molar-refractivity contribution in [2.24, 2.45) is 0 Å². The molecule has 1 atom stereocenters. The zero-order chi connectivity index (χ0) is 15.7. The Morgan fingerprint density at radius 2 is 2.18 bits per heavy atom. The molecule has 5 nitrogen and oxygen atoms in total. The molecule has 0 spiro atoms. The summed E-state index contributed by atoms with van der Waals surface area (Å²) in [4.78, 5) is 16.8. The molecule has 1 aliphatic rings. The van der Waals surface area contributed by atoms with Crippen molar-refractivity contribution in [3.63, 3.8) is 0 Å². The molecule has 2 aromatic rings. The van der Waals surface area contributed by atoms with Gasteiger partial charge >= 0.3 is 6.09 Å². The number of nitrogens with one attached hydrogen (secondary N) is 2. The van der Waals surface area contributed by atoms with Gasteiger partial charge in [0.2, 0.25) is 0 Å².